The summed E-state index contributed by atoms with van der Waals surface area (Å²) in [6.07, 6.45) is 4.44. The molecule has 0 spiro atoms. The van der Waals surface area contributed by atoms with Gasteiger partial charge in [-0.3, -0.25) is 19.3 Å². The Balaban J connectivity index is 1.40. The highest BCUT2D eigenvalue weighted by atomic mass is 28.4. The molecule has 0 radical (unpaired) electrons. The van der Waals surface area contributed by atoms with Crippen LogP contribution in [0, 0.1) is 24.7 Å². The molecule has 0 bridgehead atoms. The van der Waals surface area contributed by atoms with Gasteiger partial charge >= 0.3 is 0 Å². The SMILES string of the molecule is COc1cc(NC(=O)C2CCCC2)c(C)c2c1C[C@H]1C[C@H]3[C@H](N(C)C)c4onc(OCc5ccccc5)c4C(=O)[C@@]3(O[Si](C)(C)C(C)(C)C)C(=O)C1=C2O. The molecule has 288 valence electrons. The van der Waals surface area contributed by atoms with E-state index in [1.54, 1.807) is 7.11 Å². The standard InChI is InChI=1S/C42H53N3O8Si/c1-23-29(43-39(49)25-17-13-14-18-25)21-30(50-7)27-19-26-20-28-34(45(5)6)36-33(40(44-52-36)51-22-24-15-11-10-12-16-24)38(48)42(28,53-54(8,9)41(2,3)4)37(47)32(26)35(46)31(23)27/h10-12,15-16,21,25-26,28,34,46H,13-14,17-20,22H2,1-9H3,(H,43,49)/t26-,28-,34-,42-/m0/s1. The second-order valence-corrected chi connectivity index (χ2v) is 22.0. The number of ketones is 2. The molecule has 2 aromatic carbocycles. The van der Waals surface area contributed by atoms with Gasteiger partial charge in [-0.25, -0.2) is 0 Å². The number of ether oxygens (including phenoxy) is 2. The number of aromatic nitrogens is 1. The van der Waals surface area contributed by atoms with Crippen LogP contribution in [-0.4, -0.2) is 67.8 Å². The van der Waals surface area contributed by atoms with Gasteiger partial charge in [0, 0.05) is 40.3 Å². The van der Waals surface area contributed by atoms with Crippen molar-refractivity contribution in [2.24, 2.45) is 17.8 Å². The topological polar surface area (TPSA) is 140 Å². The van der Waals surface area contributed by atoms with E-state index < -0.39 is 43.4 Å². The lowest BCUT2D eigenvalue weighted by atomic mass is 9.57. The number of nitrogens with zero attached hydrogens (tertiary/aromatic N) is 2. The predicted molar refractivity (Wildman–Crippen MR) is 207 cm³/mol. The van der Waals surface area contributed by atoms with E-state index in [-0.39, 0.29) is 46.2 Å². The summed E-state index contributed by atoms with van der Waals surface area (Å²) in [5, 5.41) is 19.4. The van der Waals surface area contributed by atoms with Gasteiger partial charge in [0.05, 0.1) is 13.2 Å². The number of rotatable bonds is 9. The molecule has 4 aliphatic carbocycles. The smallest absolute Gasteiger partial charge is 0.265 e. The number of fused-ring (bicyclic) bond motifs is 4. The Morgan fingerprint density at radius 1 is 1.09 bits per heavy atom. The number of benzene rings is 2. The molecule has 0 aliphatic heterocycles. The average molecular weight is 756 g/mol. The molecule has 54 heavy (non-hydrogen) atoms. The molecule has 1 aromatic heterocycles. The molecule has 1 heterocycles. The first-order valence-corrected chi connectivity index (χ1v) is 22.0. The Morgan fingerprint density at radius 2 is 1.78 bits per heavy atom. The van der Waals surface area contributed by atoms with Gasteiger partial charge in [-0.1, -0.05) is 63.9 Å². The Labute approximate surface area is 318 Å². The van der Waals surface area contributed by atoms with Gasteiger partial charge in [0.2, 0.25) is 17.5 Å². The molecular weight excluding hydrogens is 703 g/mol. The highest BCUT2D eigenvalue weighted by molar-refractivity contribution is 6.74. The molecule has 3 aromatic rings. The number of Topliss-reactive ketones (excluding diaryl/α,β-unsaturated/α-hetero) is 2. The summed E-state index contributed by atoms with van der Waals surface area (Å²) in [6, 6.07) is 10.8. The second kappa shape index (κ2) is 13.8. The van der Waals surface area contributed by atoms with Crippen LogP contribution in [0.5, 0.6) is 11.6 Å². The summed E-state index contributed by atoms with van der Waals surface area (Å²) >= 11 is 0. The number of nitrogens with one attached hydrogen (secondary N) is 1. The molecule has 2 saturated carbocycles. The normalized spacial score (nSPS) is 24.2. The number of anilines is 1. The van der Waals surface area contributed by atoms with E-state index in [0.29, 0.717) is 41.2 Å². The van der Waals surface area contributed by atoms with Crippen molar-refractivity contribution in [1.29, 1.82) is 0 Å². The van der Waals surface area contributed by atoms with E-state index >= 15 is 9.59 Å². The Morgan fingerprint density at radius 3 is 2.41 bits per heavy atom. The lowest BCUT2D eigenvalue weighted by Crippen LogP contribution is -2.68. The summed E-state index contributed by atoms with van der Waals surface area (Å²) in [5.41, 5.74) is 1.50. The zero-order chi connectivity index (χ0) is 38.9. The highest BCUT2D eigenvalue weighted by Gasteiger charge is 2.69. The maximum Gasteiger partial charge on any atom is 0.265 e. The molecular formula is C42H53N3O8Si. The minimum absolute atomic E-state index is 0.00713. The number of methoxy groups -OCH3 is 1. The summed E-state index contributed by atoms with van der Waals surface area (Å²) in [4.78, 5) is 46.4. The summed E-state index contributed by atoms with van der Waals surface area (Å²) in [5.74, 6) is -1.71. The fourth-order valence-corrected chi connectivity index (χ4v) is 10.4. The van der Waals surface area contributed by atoms with E-state index in [4.69, 9.17) is 18.4 Å². The molecule has 4 aliphatic rings. The molecule has 0 unspecified atom stereocenters. The van der Waals surface area contributed by atoms with Crippen LogP contribution < -0.4 is 14.8 Å². The molecule has 2 N–H and O–H groups in total. The fourth-order valence-electron chi connectivity index (χ4n) is 8.91. The van der Waals surface area contributed by atoms with E-state index in [0.717, 1.165) is 36.8 Å². The van der Waals surface area contributed by atoms with Gasteiger partial charge in [0.1, 0.15) is 23.7 Å². The number of hydrogen-bond donors (Lipinski definition) is 2. The van der Waals surface area contributed by atoms with Crippen molar-refractivity contribution < 1.29 is 37.9 Å². The first kappa shape index (κ1) is 38.0. The summed E-state index contributed by atoms with van der Waals surface area (Å²) in [7, 11) is 2.47. The van der Waals surface area contributed by atoms with Gasteiger partial charge in [-0.05, 0) is 87.0 Å². The molecule has 11 nitrogen and oxygen atoms in total. The van der Waals surface area contributed by atoms with Crippen LogP contribution in [0.3, 0.4) is 0 Å². The van der Waals surface area contributed by atoms with Crippen molar-refractivity contribution in [2.75, 3.05) is 26.5 Å². The number of carbonyl (C=O) groups excluding carboxylic acids is 3. The van der Waals surface area contributed by atoms with Gasteiger partial charge in [-0.2, -0.15) is 0 Å². The van der Waals surface area contributed by atoms with Crippen LogP contribution >= 0.6 is 0 Å². The van der Waals surface area contributed by atoms with Crippen LogP contribution in [0.25, 0.3) is 5.76 Å². The van der Waals surface area contributed by atoms with Gasteiger partial charge in [-0.15, -0.1) is 0 Å². The van der Waals surface area contributed by atoms with Crippen molar-refractivity contribution in [3.05, 3.63) is 75.5 Å². The van der Waals surface area contributed by atoms with Crippen molar-refractivity contribution in [3.8, 4) is 11.6 Å². The third-order valence-corrected chi connectivity index (χ3v) is 17.2. The Bertz CT molecular complexity index is 2020. The highest BCUT2D eigenvalue weighted by Crippen LogP contribution is 2.59. The third kappa shape index (κ3) is 6.01. The molecule has 0 saturated heterocycles. The first-order chi connectivity index (χ1) is 25.5. The lowest BCUT2D eigenvalue weighted by molar-refractivity contribution is -0.140. The van der Waals surface area contributed by atoms with Gasteiger partial charge in [0.25, 0.3) is 5.88 Å². The van der Waals surface area contributed by atoms with Crippen LogP contribution in [0.2, 0.25) is 18.1 Å². The number of amides is 1. The maximum atomic E-state index is 15.7. The minimum atomic E-state index is -2.89. The molecule has 1 amide bonds. The molecule has 12 heteroatoms. The van der Waals surface area contributed by atoms with E-state index in [1.807, 2.05) is 75.4 Å². The van der Waals surface area contributed by atoms with Crippen molar-refractivity contribution in [1.82, 2.24) is 10.1 Å². The first-order valence-electron chi connectivity index (χ1n) is 19.1. The zero-order valence-corrected chi connectivity index (χ0v) is 33.9. The van der Waals surface area contributed by atoms with Crippen molar-refractivity contribution >= 4 is 37.2 Å². The number of aliphatic hydroxyl groups is 1. The summed E-state index contributed by atoms with van der Waals surface area (Å²) in [6.45, 7) is 12.3. The van der Waals surface area contributed by atoms with Crippen molar-refractivity contribution in [2.45, 2.75) is 103 Å². The Hall–Kier alpha value is -4.26. The molecule has 2 fully saturated rings. The largest absolute Gasteiger partial charge is 0.507 e. The van der Waals surface area contributed by atoms with E-state index in [9.17, 15) is 9.90 Å². The third-order valence-electron chi connectivity index (χ3n) is 12.7. The number of aliphatic hydroxyl groups excluding tert-OH is 1. The van der Waals surface area contributed by atoms with Gasteiger partial charge in [0.15, 0.2) is 19.7 Å². The van der Waals surface area contributed by atoms with Gasteiger partial charge < -0.3 is 28.8 Å². The molecule has 7 rings (SSSR count). The monoisotopic (exact) mass is 755 g/mol. The van der Waals surface area contributed by atoms with Crippen LogP contribution in [0.4, 0.5) is 5.69 Å². The van der Waals surface area contributed by atoms with Crippen LogP contribution in [0.15, 0.2) is 46.5 Å². The van der Waals surface area contributed by atoms with E-state index in [1.165, 1.54) is 0 Å². The number of carbonyl (C=O) groups is 3. The second-order valence-electron chi connectivity index (χ2n) is 17.2. The maximum absolute atomic E-state index is 15.7. The Kier molecular flexibility index (Phi) is 9.71. The zero-order valence-electron chi connectivity index (χ0n) is 32.9. The van der Waals surface area contributed by atoms with Crippen molar-refractivity contribution in [3.63, 3.8) is 0 Å². The van der Waals surface area contributed by atoms with Crippen LogP contribution in [-0.2, 0) is 27.0 Å². The quantitative estimate of drug-likeness (QED) is 0.163. The lowest BCUT2D eigenvalue weighted by Gasteiger charge is -2.55. The minimum Gasteiger partial charge on any atom is -0.507 e. The average Bonchev–Trinajstić information content (AvgIpc) is 3.81. The summed E-state index contributed by atoms with van der Waals surface area (Å²) < 4.78 is 25.3. The predicted octanol–water partition coefficient (Wildman–Crippen LogP) is 7.99. The number of hydrogen-bond acceptors (Lipinski definition) is 10. The molecule has 4 atom stereocenters. The van der Waals surface area contributed by atoms with Crippen LogP contribution in [0.1, 0.15) is 97.3 Å². The van der Waals surface area contributed by atoms with E-state index in [2.05, 4.69) is 31.2 Å². The fraction of sp³-hybridized carbons (Fsp3) is 0.524.